The minimum absolute atomic E-state index is 0. The summed E-state index contributed by atoms with van der Waals surface area (Å²) in [6.45, 7) is 2.08. The van der Waals surface area contributed by atoms with Crippen LogP contribution >= 0.6 is 0 Å². The quantitative estimate of drug-likeness (QED) is 0.111. The predicted molar refractivity (Wildman–Crippen MR) is 152 cm³/mol. The van der Waals surface area contributed by atoms with Gasteiger partial charge in [-0.3, -0.25) is 0 Å². The molecule has 0 radical (unpaired) electrons. The fourth-order valence-corrected chi connectivity index (χ4v) is 4.16. The van der Waals surface area contributed by atoms with Crippen molar-refractivity contribution in [1.29, 1.82) is 0 Å². The number of hydrogen-bond acceptors (Lipinski definition) is 4. The van der Waals surface area contributed by atoms with Gasteiger partial charge in [0.2, 0.25) is 0 Å². The van der Waals surface area contributed by atoms with Crippen LogP contribution in [0.4, 0.5) is 0 Å². The average Bonchev–Trinajstić information content (AvgIpc) is 3.70. The predicted octanol–water partition coefficient (Wildman–Crippen LogP) is 6.99. The van der Waals surface area contributed by atoms with E-state index in [9.17, 15) is 15.3 Å². The maximum Gasteiger partial charge on any atom is 2.00 e. The number of phenolic OH excluding ortho intramolecular Hbond substituents is 2. The van der Waals surface area contributed by atoms with Gasteiger partial charge in [-0.05, 0) is 76.2 Å². The van der Waals surface area contributed by atoms with Gasteiger partial charge in [0.15, 0.2) is 0 Å². The van der Waals surface area contributed by atoms with Crippen LogP contribution in [0.2, 0.25) is 0 Å². The van der Waals surface area contributed by atoms with E-state index >= 15 is 0 Å². The van der Waals surface area contributed by atoms with Crippen LogP contribution in [-0.4, -0.2) is 16.8 Å². The van der Waals surface area contributed by atoms with Crippen molar-refractivity contribution >= 4 is 11.1 Å². The van der Waals surface area contributed by atoms with Crippen molar-refractivity contribution in [2.45, 2.75) is 13.3 Å². The van der Waals surface area contributed by atoms with Crippen molar-refractivity contribution in [2.24, 2.45) is 0 Å². The van der Waals surface area contributed by atoms with Crippen molar-refractivity contribution in [1.82, 2.24) is 0 Å². The van der Waals surface area contributed by atoms with E-state index in [0.717, 1.165) is 34.3 Å². The Balaban J connectivity index is 0.000000630. The smallest absolute Gasteiger partial charge is 0.873 e. The molecule has 0 unspecified atom stereocenters. The molecule has 0 saturated carbocycles. The molecule has 0 atom stereocenters. The molecular weight excluding hydrogens is 528 g/mol. The van der Waals surface area contributed by atoms with Crippen molar-refractivity contribution in [3.05, 3.63) is 155 Å². The number of ether oxygens (including phenoxy) is 1. The molecule has 0 fully saturated rings. The van der Waals surface area contributed by atoms with Crippen LogP contribution in [0.1, 0.15) is 30.0 Å². The van der Waals surface area contributed by atoms with E-state index in [1.54, 1.807) is 36.4 Å². The van der Waals surface area contributed by atoms with Crippen molar-refractivity contribution in [2.75, 3.05) is 6.61 Å². The van der Waals surface area contributed by atoms with Gasteiger partial charge in [-0.15, -0.1) is 0 Å². The van der Waals surface area contributed by atoms with Crippen molar-refractivity contribution in [3.63, 3.8) is 0 Å². The van der Waals surface area contributed by atoms with Gasteiger partial charge >= 0.3 is 17.1 Å². The molecule has 0 aliphatic heterocycles. The molecule has 0 heterocycles. The zero-order chi connectivity index (χ0) is 26.7. The van der Waals surface area contributed by atoms with Gasteiger partial charge in [0.25, 0.3) is 0 Å². The molecule has 1 aliphatic rings. The average molecular weight is 558 g/mol. The third kappa shape index (κ3) is 8.08. The molecule has 0 saturated heterocycles. The number of phenols is 2. The zero-order valence-corrected chi connectivity index (χ0v) is 22.7. The Bertz CT molecular complexity index is 1390. The number of rotatable bonds is 7. The van der Waals surface area contributed by atoms with Gasteiger partial charge in [-0.25, -0.2) is 12.1 Å². The second-order valence-corrected chi connectivity index (χ2v) is 8.67. The Hall–Kier alpha value is -4.31. The van der Waals surface area contributed by atoms with Crippen LogP contribution in [0.15, 0.2) is 139 Å². The van der Waals surface area contributed by atoms with Crippen LogP contribution in [0.25, 0.3) is 11.1 Å². The molecule has 4 nitrogen and oxygen atoms in total. The fraction of sp³-hybridized carbons (Fsp3) is 0.0882. The third-order valence-electron chi connectivity index (χ3n) is 6.08. The van der Waals surface area contributed by atoms with E-state index < -0.39 is 0 Å². The van der Waals surface area contributed by atoms with Gasteiger partial charge in [0.1, 0.15) is 17.2 Å². The number of hydrogen-bond donors (Lipinski definition) is 2. The van der Waals surface area contributed by atoms with Crippen LogP contribution < -0.4 is 9.84 Å². The Kier molecular flexibility index (Phi) is 10.9. The first-order valence-corrected chi connectivity index (χ1v) is 12.5. The van der Waals surface area contributed by atoms with E-state index in [4.69, 9.17) is 4.74 Å². The standard InChI is InChI=1S/C29H26O4.C5H5.Fe/c1-2-27(20-7-13-24(30)14-8-20)29(22-9-15-25(31)16-10-22)23-11-17-26(18-12-23)33-19-28(32)21-5-3-4-6-21;1-2-4-5-3-1;/h3-18,30-32H,2,19H2,1H3;1-5H;/q;-1;+2/p-1/b29-27-;;. The largest absolute Gasteiger partial charge is 2.00 e. The minimum atomic E-state index is -0.0608. The summed E-state index contributed by atoms with van der Waals surface area (Å²) in [6, 6.07) is 32.0. The second kappa shape index (κ2) is 14.6. The van der Waals surface area contributed by atoms with Gasteiger partial charge in [0.05, 0.1) is 6.61 Å². The Morgan fingerprint density at radius 3 is 1.69 bits per heavy atom. The van der Waals surface area contributed by atoms with Gasteiger partial charge in [0, 0.05) is 0 Å². The van der Waals surface area contributed by atoms with E-state index in [-0.39, 0.29) is 40.9 Å². The number of aromatic hydroxyl groups is 2. The molecule has 198 valence electrons. The van der Waals surface area contributed by atoms with Crippen LogP contribution in [-0.2, 0) is 17.1 Å². The summed E-state index contributed by atoms with van der Waals surface area (Å²) < 4.78 is 5.71. The van der Waals surface area contributed by atoms with Gasteiger partial charge in [-0.1, -0.05) is 73.4 Å². The van der Waals surface area contributed by atoms with Crippen LogP contribution in [0.5, 0.6) is 17.2 Å². The first-order chi connectivity index (χ1) is 18.5. The topological polar surface area (TPSA) is 72.8 Å². The monoisotopic (exact) mass is 558 g/mol. The molecule has 4 aromatic carbocycles. The maximum absolute atomic E-state index is 12.2. The Labute approximate surface area is 240 Å². The molecule has 4 aromatic rings. The summed E-state index contributed by atoms with van der Waals surface area (Å²) in [5, 5.41) is 31.7. The summed E-state index contributed by atoms with van der Waals surface area (Å²) in [6.07, 6.45) is 7.99. The molecule has 0 aromatic heterocycles. The molecule has 0 spiro atoms. The first kappa shape index (κ1) is 29.2. The number of allylic oxidation sites excluding steroid dienone is 6. The van der Waals surface area contributed by atoms with E-state index in [2.05, 4.69) is 6.92 Å². The molecule has 39 heavy (non-hydrogen) atoms. The fourth-order valence-electron chi connectivity index (χ4n) is 4.16. The first-order valence-electron chi connectivity index (χ1n) is 12.5. The SMILES string of the molecule is CC/C(=C(\c1ccc(O)cc1)c1ccc(OCC([O-])=C2C=CC=C2)cc1)c1ccc(O)cc1.[Fe+2].c1cc[cH-]c1. The van der Waals surface area contributed by atoms with E-state index in [1.807, 2.05) is 91.0 Å². The van der Waals surface area contributed by atoms with E-state index in [1.165, 1.54) is 0 Å². The normalized spacial score (nSPS) is 12.2. The summed E-state index contributed by atoms with van der Waals surface area (Å²) in [5.74, 6) is 0.984. The maximum atomic E-state index is 12.2. The van der Waals surface area contributed by atoms with Crippen LogP contribution in [0.3, 0.4) is 0 Å². The minimum Gasteiger partial charge on any atom is -0.873 e. The van der Waals surface area contributed by atoms with Crippen molar-refractivity contribution < 1.29 is 37.1 Å². The Morgan fingerprint density at radius 2 is 1.23 bits per heavy atom. The van der Waals surface area contributed by atoms with E-state index in [0.29, 0.717) is 11.3 Å². The second-order valence-electron chi connectivity index (χ2n) is 8.67. The molecule has 0 amide bonds. The summed E-state index contributed by atoms with van der Waals surface area (Å²) in [5.41, 5.74) is 5.76. The molecule has 5 heteroatoms. The molecule has 5 rings (SSSR count). The summed E-state index contributed by atoms with van der Waals surface area (Å²) in [4.78, 5) is 0. The summed E-state index contributed by atoms with van der Waals surface area (Å²) >= 11 is 0. The van der Waals surface area contributed by atoms with Crippen molar-refractivity contribution in [3.8, 4) is 17.2 Å². The van der Waals surface area contributed by atoms with Crippen LogP contribution in [0, 0.1) is 0 Å². The number of benzene rings is 3. The van der Waals surface area contributed by atoms with Gasteiger partial charge in [-0.2, -0.15) is 18.2 Å². The third-order valence-corrected chi connectivity index (χ3v) is 6.08. The summed E-state index contributed by atoms with van der Waals surface area (Å²) in [7, 11) is 0. The molecule has 0 bridgehead atoms. The zero-order valence-electron chi connectivity index (χ0n) is 21.6. The molecular formula is C34H30FeO4. The molecule has 1 aliphatic carbocycles. The van der Waals surface area contributed by atoms with Gasteiger partial charge < -0.3 is 20.1 Å². The Morgan fingerprint density at radius 1 is 0.744 bits per heavy atom. The molecule has 2 N–H and O–H groups in total.